The average molecular weight is 168 g/mol. The van der Waals surface area contributed by atoms with Gasteiger partial charge in [0.15, 0.2) is 0 Å². The fourth-order valence-electron chi connectivity index (χ4n) is 1.53. The Bertz CT molecular complexity index is 111. The summed E-state index contributed by atoms with van der Waals surface area (Å²) >= 11 is 0. The van der Waals surface area contributed by atoms with Crippen LogP contribution in [-0.2, 0) is 0 Å². The molecule has 0 heterocycles. The minimum atomic E-state index is 0.839. The van der Waals surface area contributed by atoms with E-state index in [1.165, 1.54) is 25.7 Å². The fraction of sp³-hybridized carbons (Fsp3) is 0.833. The maximum Gasteiger partial charge on any atom is -0.0320 e. The van der Waals surface area contributed by atoms with Gasteiger partial charge in [0.25, 0.3) is 0 Å². The number of hydrogen-bond donors (Lipinski definition) is 0. The molecule has 0 saturated heterocycles. The van der Waals surface area contributed by atoms with Crippen molar-refractivity contribution >= 4 is 0 Å². The molecule has 0 nitrogen and oxygen atoms in total. The molecule has 0 aromatic heterocycles. The smallest absolute Gasteiger partial charge is 0.0320 e. The van der Waals surface area contributed by atoms with Gasteiger partial charge < -0.3 is 0 Å². The van der Waals surface area contributed by atoms with Crippen LogP contribution in [0.4, 0.5) is 0 Å². The standard InChI is InChI=1S/C12H24/c1-5-7-8-10-12(9-6-2)11(3)4/h7-8,11-12H,5-6,9-10H2,1-4H3/b8-7+. The van der Waals surface area contributed by atoms with E-state index in [0.717, 1.165) is 11.8 Å². The van der Waals surface area contributed by atoms with Crippen LogP contribution in [0.1, 0.15) is 53.4 Å². The van der Waals surface area contributed by atoms with E-state index >= 15 is 0 Å². The summed E-state index contributed by atoms with van der Waals surface area (Å²) in [4.78, 5) is 0. The summed E-state index contributed by atoms with van der Waals surface area (Å²) in [6.07, 6.45) is 9.79. The molecule has 0 spiro atoms. The molecule has 0 heteroatoms. The highest BCUT2D eigenvalue weighted by atomic mass is 14.1. The molecule has 1 atom stereocenters. The Hall–Kier alpha value is -0.260. The summed E-state index contributed by atoms with van der Waals surface area (Å²) in [7, 11) is 0. The minimum Gasteiger partial charge on any atom is -0.0888 e. The van der Waals surface area contributed by atoms with E-state index in [0.29, 0.717) is 0 Å². The maximum absolute atomic E-state index is 2.35. The summed E-state index contributed by atoms with van der Waals surface area (Å²) < 4.78 is 0. The van der Waals surface area contributed by atoms with Gasteiger partial charge in [-0.05, 0) is 24.7 Å². The maximum atomic E-state index is 2.35. The van der Waals surface area contributed by atoms with E-state index in [4.69, 9.17) is 0 Å². The van der Waals surface area contributed by atoms with Crippen molar-refractivity contribution in [3.05, 3.63) is 12.2 Å². The molecule has 0 aliphatic rings. The third-order valence-electron chi connectivity index (χ3n) is 2.44. The van der Waals surface area contributed by atoms with Gasteiger partial charge in [0.05, 0.1) is 0 Å². The highest BCUT2D eigenvalue weighted by Gasteiger charge is 2.09. The lowest BCUT2D eigenvalue weighted by atomic mass is 9.88. The molecule has 0 fully saturated rings. The topological polar surface area (TPSA) is 0 Å². The van der Waals surface area contributed by atoms with Crippen LogP contribution in [0, 0.1) is 11.8 Å². The summed E-state index contributed by atoms with van der Waals surface area (Å²) in [5, 5.41) is 0. The normalized spacial score (nSPS) is 14.4. The molecule has 72 valence electrons. The second kappa shape index (κ2) is 7.39. The van der Waals surface area contributed by atoms with E-state index in [-0.39, 0.29) is 0 Å². The van der Waals surface area contributed by atoms with Gasteiger partial charge in [0.1, 0.15) is 0 Å². The first kappa shape index (κ1) is 11.7. The molecule has 0 radical (unpaired) electrons. The molecular formula is C12H24. The van der Waals surface area contributed by atoms with Gasteiger partial charge >= 0.3 is 0 Å². The van der Waals surface area contributed by atoms with E-state index in [1.807, 2.05) is 0 Å². The fourth-order valence-corrected chi connectivity index (χ4v) is 1.53. The molecule has 0 saturated carbocycles. The SMILES string of the molecule is CC/C=C/CC(CCC)C(C)C. The van der Waals surface area contributed by atoms with Crippen molar-refractivity contribution in [2.24, 2.45) is 11.8 Å². The third-order valence-corrected chi connectivity index (χ3v) is 2.44. The summed E-state index contributed by atoms with van der Waals surface area (Å²) in [6.45, 7) is 9.14. The van der Waals surface area contributed by atoms with E-state index < -0.39 is 0 Å². The summed E-state index contributed by atoms with van der Waals surface area (Å²) in [6, 6.07) is 0. The first-order chi connectivity index (χ1) is 5.72. The van der Waals surface area contributed by atoms with E-state index in [1.54, 1.807) is 0 Å². The molecule has 0 amide bonds. The third kappa shape index (κ3) is 5.40. The zero-order valence-corrected chi connectivity index (χ0v) is 9.14. The zero-order chi connectivity index (χ0) is 9.40. The highest BCUT2D eigenvalue weighted by Crippen LogP contribution is 2.21. The van der Waals surface area contributed by atoms with Gasteiger partial charge in [0, 0.05) is 0 Å². The summed E-state index contributed by atoms with van der Waals surface area (Å²) in [5.41, 5.74) is 0. The van der Waals surface area contributed by atoms with Gasteiger partial charge in [-0.1, -0.05) is 52.7 Å². The van der Waals surface area contributed by atoms with Crippen molar-refractivity contribution in [2.75, 3.05) is 0 Å². The molecule has 0 aromatic rings. The second-order valence-electron chi connectivity index (χ2n) is 3.91. The van der Waals surface area contributed by atoms with Crippen molar-refractivity contribution in [1.82, 2.24) is 0 Å². The van der Waals surface area contributed by atoms with Crippen LogP contribution in [-0.4, -0.2) is 0 Å². The Morgan fingerprint density at radius 1 is 1.08 bits per heavy atom. The average Bonchev–Trinajstić information content (AvgIpc) is 2.03. The molecule has 1 unspecified atom stereocenters. The number of hydrogen-bond acceptors (Lipinski definition) is 0. The lowest BCUT2D eigenvalue weighted by Gasteiger charge is -2.17. The molecular weight excluding hydrogens is 144 g/mol. The van der Waals surface area contributed by atoms with Crippen molar-refractivity contribution in [2.45, 2.75) is 53.4 Å². The van der Waals surface area contributed by atoms with Crippen LogP contribution in [0.15, 0.2) is 12.2 Å². The molecule has 0 aliphatic carbocycles. The van der Waals surface area contributed by atoms with Gasteiger partial charge in [-0.15, -0.1) is 0 Å². The van der Waals surface area contributed by atoms with Gasteiger partial charge in [-0.2, -0.15) is 0 Å². The lowest BCUT2D eigenvalue weighted by molar-refractivity contribution is 0.359. The van der Waals surface area contributed by atoms with Crippen LogP contribution >= 0.6 is 0 Å². The Morgan fingerprint density at radius 3 is 2.17 bits per heavy atom. The predicted molar refractivity (Wildman–Crippen MR) is 57.3 cm³/mol. The number of allylic oxidation sites excluding steroid dienone is 2. The molecule has 0 aromatic carbocycles. The Balaban J connectivity index is 3.70. The number of rotatable bonds is 6. The largest absolute Gasteiger partial charge is 0.0888 e. The molecule has 0 rings (SSSR count). The lowest BCUT2D eigenvalue weighted by Crippen LogP contribution is -2.06. The molecule has 12 heavy (non-hydrogen) atoms. The van der Waals surface area contributed by atoms with Crippen molar-refractivity contribution in [3.63, 3.8) is 0 Å². The van der Waals surface area contributed by atoms with Crippen molar-refractivity contribution in [1.29, 1.82) is 0 Å². The van der Waals surface area contributed by atoms with Crippen LogP contribution in [0.3, 0.4) is 0 Å². The van der Waals surface area contributed by atoms with Crippen molar-refractivity contribution < 1.29 is 0 Å². The van der Waals surface area contributed by atoms with Gasteiger partial charge in [0.2, 0.25) is 0 Å². The molecule has 0 bridgehead atoms. The van der Waals surface area contributed by atoms with Gasteiger partial charge in [-0.25, -0.2) is 0 Å². The molecule has 0 N–H and O–H groups in total. The van der Waals surface area contributed by atoms with Crippen molar-refractivity contribution in [3.8, 4) is 0 Å². The van der Waals surface area contributed by atoms with Crippen LogP contribution in [0.2, 0.25) is 0 Å². The van der Waals surface area contributed by atoms with Crippen LogP contribution in [0.25, 0.3) is 0 Å². The zero-order valence-electron chi connectivity index (χ0n) is 9.14. The highest BCUT2D eigenvalue weighted by molar-refractivity contribution is 4.83. The monoisotopic (exact) mass is 168 g/mol. The van der Waals surface area contributed by atoms with Crippen LogP contribution < -0.4 is 0 Å². The van der Waals surface area contributed by atoms with E-state index in [9.17, 15) is 0 Å². The Kier molecular flexibility index (Phi) is 7.23. The quantitative estimate of drug-likeness (QED) is 0.515. The van der Waals surface area contributed by atoms with Gasteiger partial charge in [-0.3, -0.25) is 0 Å². The van der Waals surface area contributed by atoms with Crippen LogP contribution in [0.5, 0.6) is 0 Å². The predicted octanol–water partition coefficient (Wildman–Crippen LogP) is 4.42. The first-order valence-electron chi connectivity index (χ1n) is 5.37. The van der Waals surface area contributed by atoms with E-state index in [2.05, 4.69) is 39.8 Å². The molecule has 0 aliphatic heterocycles. The Labute approximate surface area is 78.1 Å². The summed E-state index contributed by atoms with van der Waals surface area (Å²) in [5.74, 6) is 1.74. The Morgan fingerprint density at radius 2 is 1.75 bits per heavy atom. The second-order valence-corrected chi connectivity index (χ2v) is 3.91. The minimum absolute atomic E-state index is 0.839. The first-order valence-corrected chi connectivity index (χ1v) is 5.37.